The summed E-state index contributed by atoms with van der Waals surface area (Å²) in [6.07, 6.45) is 1.64. The maximum Gasteiger partial charge on any atom is 0.240 e. The molecule has 1 aromatic heterocycles. The van der Waals surface area contributed by atoms with Crippen molar-refractivity contribution >= 4 is 16.8 Å². The van der Waals surface area contributed by atoms with E-state index in [1.807, 2.05) is 25.1 Å². The second kappa shape index (κ2) is 6.34. The highest BCUT2D eigenvalue weighted by Crippen LogP contribution is 2.09. The second-order valence-electron chi connectivity index (χ2n) is 4.75. The third-order valence-electron chi connectivity index (χ3n) is 3.02. The first-order chi connectivity index (χ1) is 9.61. The Kier molecular flexibility index (Phi) is 4.53. The molecule has 1 amide bonds. The van der Waals surface area contributed by atoms with Crippen LogP contribution in [0, 0.1) is 0 Å². The average molecular weight is 274 g/mol. The van der Waals surface area contributed by atoms with E-state index >= 15 is 0 Å². The fourth-order valence-corrected chi connectivity index (χ4v) is 2.16. The molecule has 1 N–H and O–H groups in total. The van der Waals surface area contributed by atoms with Crippen molar-refractivity contribution in [1.29, 1.82) is 0 Å². The summed E-state index contributed by atoms with van der Waals surface area (Å²) in [5.74, 6) is -0.108. The van der Waals surface area contributed by atoms with Crippen LogP contribution in [0.4, 0.5) is 0 Å². The van der Waals surface area contributed by atoms with Gasteiger partial charge in [-0.15, -0.1) is 0 Å². The number of nitrogens with one attached hydrogen (secondary N) is 1. The van der Waals surface area contributed by atoms with Gasteiger partial charge in [0.2, 0.25) is 5.91 Å². The maximum absolute atomic E-state index is 12.0. The molecule has 0 fully saturated rings. The predicted octanol–water partition coefficient (Wildman–Crippen LogP) is 1.15. The Morgan fingerprint density at radius 1 is 1.35 bits per heavy atom. The zero-order valence-electron chi connectivity index (χ0n) is 11.6. The molecule has 20 heavy (non-hydrogen) atoms. The van der Waals surface area contributed by atoms with Crippen LogP contribution < -0.4 is 10.7 Å². The molecule has 1 aromatic carbocycles. The zero-order chi connectivity index (χ0) is 14.5. The van der Waals surface area contributed by atoms with Crippen molar-refractivity contribution in [2.75, 3.05) is 13.7 Å². The summed E-state index contributed by atoms with van der Waals surface area (Å²) in [6.45, 7) is 2.52. The number of ether oxygens (including phenoxy) is 1. The summed E-state index contributed by atoms with van der Waals surface area (Å²) in [7, 11) is 1.60. The summed E-state index contributed by atoms with van der Waals surface area (Å²) in [5.41, 5.74) is 0.722. The van der Waals surface area contributed by atoms with E-state index in [1.165, 1.54) is 6.07 Å². The lowest BCUT2D eigenvalue weighted by Crippen LogP contribution is -2.37. The number of carbonyl (C=O) groups excluding carboxylic acids is 1. The van der Waals surface area contributed by atoms with Gasteiger partial charge < -0.3 is 14.6 Å². The predicted molar refractivity (Wildman–Crippen MR) is 77.7 cm³/mol. The number of nitrogens with zero attached hydrogens (tertiary/aromatic N) is 1. The monoisotopic (exact) mass is 274 g/mol. The number of benzene rings is 1. The molecule has 0 bridgehead atoms. The summed E-state index contributed by atoms with van der Waals surface area (Å²) in [5, 5.41) is 3.46. The number of carbonyl (C=O) groups is 1. The van der Waals surface area contributed by atoms with Gasteiger partial charge in [0.25, 0.3) is 0 Å². The van der Waals surface area contributed by atoms with Crippen molar-refractivity contribution in [3.63, 3.8) is 0 Å². The van der Waals surface area contributed by atoms with Gasteiger partial charge >= 0.3 is 0 Å². The molecule has 2 aromatic rings. The molecule has 5 heteroatoms. The molecule has 5 nitrogen and oxygen atoms in total. The topological polar surface area (TPSA) is 60.3 Å². The van der Waals surface area contributed by atoms with Gasteiger partial charge in [-0.05, 0) is 19.1 Å². The number of rotatable bonds is 5. The van der Waals surface area contributed by atoms with Crippen LogP contribution in [0.2, 0.25) is 0 Å². The first-order valence-corrected chi connectivity index (χ1v) is 6.48. The molecule has 106 valence electrons. The fourth-order valence-electron chi connectivity index (χ4n) is 2.16. The van der Waals surface area contributed by atoms with Gasteiger partial charge in [-0.25, -0.2) is 0 Å². The highest BCUT2D eigenvalue weighted by atomic mass is 16.5. The van der Waals surface area contributed by atoms with Crippen LogP contribution in [0.25, 0.3) is 10.9 Å². The van der Waals surface area contributed by atoms with Gasteiger partial charge in [0.05, 0.1) is 12.1 Å². The standard InChI is InChI=1S/C15H18N2O3/c1-11(10-20-2)16-15(19)9-17-8-7-14(18)12-5-3-4-6-13(12)17/h3-8,11H,9-10H2,1-2H3,(H,16,19). The summed E-state index contributed by atoms with van der Waals surface area (Å²) in [4.78, 5) is 23.7. The molecule has 0 spiro atoms. The fraction of sp³-hybridized carbons (Fsp3) is 0.333. The second-order valence-corrected chi connectivity index (χ2v) is 4.75. The van der Waals surface area contributed by atoms with Crippen molar-refractivity contribution in [3.05, 3.63) is 46.8 Å². The highest BCUT2D eigenvalue weighted by Gasteiger charge is 2.09. The van der Waals surface area contributed by atoms with Gasteiger partial charge in [-0.3, -0.25) is 9.59 Å². The number of hydrogen-bond acceptors (Lipinski definition) is 3. The van der Waals surface area contributed by atoms with E-state index in [9.17, 15) is 9.59 Å². The average Bonchev–Trinajstić information content (AvgIpc) is 2.42. The molecule has 0 saturated heterocycles. The number of fused-ring (bicyclic) bond motifs is 1. The number of pyridine rings is 1. The molecule has 1 atom stereocenters. The molecule has 1 unspecified atom stereocenters. The summed E-state index contributed by atoms with van der Waals surface area (Å²) < 4.78 is 6.75. The van der Waals surface area contributed by atoms with Crippen LogP contribution in [0.5, 0.6) is 0 Å². The normalized spacial score (nSPS) is 12.3. The third kappa shape index (κ3) is 3.24. The minimum Gasteiger partial charge on any atom is -0.383 e. The Morgan fingerprint density at radius 2 is 2.10 bits per heavy atom. The molecular weight excluding hydrogens is 256 g/mol. The molecule has 0 saturated carbocycles. The van der Waals surface area contributed by atoms with Gasteiger partial charge in [0.15, 0.2) is 5.43 Å². The minimum atomic E-state index is -0.108. The third-order valence-corrected chi connectivity index (χ3v) is 3.02. The molecule has 0 radical (unpaired) electrons. The lowest BCUT2D eigenvalue weighted by Gasteiger charge is -2.15. The van der Waals surface area contributed by atoms with E-state index in [2.05, 4.69) is 5.32 Å². The lowest BCUT2D eigenvalue weighted by atomic mass is 10.2. The Morgan fingerprint density at radius 3 is 2.85 bits per heavy atom. The van der Waals surface area contributed by atoms with E-state index in [4.69, 9.17) is 4.74 Å². The van der Waals surface area contributed by atoms with Crippen molar-refractivity contribution in [3.8, 4) is 0 Å². The largest absolute Gasteiger partial charge is 0.383 e. The van der Waals surface area contributed by atoms with E-state index in [0.29, 0.717) is 12.0 Å². The van der Waals surface area contributed by atoms with Gasteiger partial charge in [-0.1, -0.05) is 12.1 Å². The molecule has 1 heterocycles. The molecule has 0 aliphatic rings. The van der Waals surface area contributed by atoms with E-state index in [-0.39, 0.29) is 23.9 Å². The quantitative estimate of drug-likeness (QED) is 0.890. The van der Waals surface area contributed by atoms with Crippen LogP contribution in [-0.4, -0.2) is 30.2 Å². The molecule has 0 aliphatic carbocycles. The minimum absolute atomic E-state index is 0.0370. The zero-order valence-corrected chi connectivity index (χ0v) is 11.6. The van der Waals surface area contributed by atoms with Crippen molar-refractivity contribution in [1.82, 2.24) is 9.88 Å². The molecule has 2 rings (SSSR count). The van der Waals surface area contributed by atoms with E-state index < -0.39 is 0 Å². The van der Waals surface area contributed by atoms with E-state index in [1.54, 1.807) is 23.9 Å². The highest BCUT2D eigenvalue weighted by molar-refractivity contribution is 5.82. The SMILES string of the molecule is COCC(C)NC(=O)Cn1ccc(=O)c2ccccc21. The van der Waals surface area contributed by atoms with Crippen LogP contribution in [-0.2, 0) is 16.1 Å². The molecule has 0 aliphatic heterocycles. The van der Waals surface area contributed by atoms with Crippen LogP contribution in [0.3, 0.4) is 0 Å². The molecular formula is C15H18N2O3. The Balaban J connectivity index is 2.20. The number of amides is 1. The maximum atomic E-state index is 12.0. The van der Waals surface area contributed by atoms with Crippen LogP contribution in [0.15, 0.2) is 41.3 Å². The van der Waals surface area contributed by atoms with Crippen LogP contribution in [0.1, 0.15) is 6.92 Å². The summed E-state index contributed by atoms with van der Waals surface area (Å²) in [6, 6.07) is 8.70. The number of methoxy groups -OCH3 is 1. The van der Waals surface area contributed by atoms with Crippen molar-refractivity contribution < 1.29 is 9.53 Å². The number of aromatic nitrogens is 1. The smallest absolute Gasteiger partial charge is 0.240 e. The first-order valence-electron chi connectivity index (χ1n) is 6.48. The Hall–Kier alpha value is -2.14. The van der Waals surface area contributed by atoms with Gasteiger partial charge in [-0.2, -0.15) is 0 Å². The number of para-hydroxylation sites is 1. The van der Waals surface area contributed by atoms with Crippen molar-refractivity contribution in [2.24, 2.45) is 0 Å². The van der Waals surface area contributed by atoms with Gasteiger partial charge in [0, 0.05) is 30.8 Å². The van der Waals surface area contributed by atoms with E-state index in [0.717, 1.165) is 5.52 Å². The van der Waals surface area contributed by atoms with Gasteiger partial charge in [0.1, 0.15) is 6.54 Å². The van der Waals surface area contributed by atoms with Crippen LogP contribution >= 0.6 is 0 Å². The Bertz CT molecular complexity index is 663. The Labute approximate surface area is 117 Å². The lowest BCUT2D eigenvalue weighted by molar-refractivity contribution is -0.122. The van der Waals surface area contributed by atoms with Crippen molar-refractivity contribution in [2.45, 2.75) is 19.5 Å². The number of hydrogen-bond donors (Lipinski definition) is 1. The summed E-state index contributed by atoms with van der Waals surface area (Å²) >= 11 is 0. The first kappa shape index (κ1) is 14.3.